The van der Waals surface area contributed by atoms with E-state index in [1.807, 2.05) is 42.6 Å². The minimum absolute atomic E-state index is 0.0157. The van der Waals surface area contributed by atoms with E-state index in [0.717, 1.165) is 11.1 Å². The van der Waals surface area contributed by atoms with Gasteiger partial charge in [0.15, 0.2) is 15.7 Å². The molecule has 1 aliphatic rings. The average Bonchev–Trinajstić information content (AvgIpc) is 3.35. The second-order valence-corrected chi connectivity index (χ2v) is 10.2. The Labute approximate surface area is 162 Å². The van der Waals surface area contributed by atoms with Crippen molar-refractivity contribution in [3.8, 4) is 11.5 Å². The van der Waals surface area contributed by atoms with Crippen molar-refractivity contribution in [1.82, 2.24) is 15.0 Å². The molecule has 1 atom stereocenters. The fourth-order valence-electron chi connectivity index (χ4n) is 3.38. The van der Waals surface area contributed by atoms with Crippen LogP contribution in [0, 0.1) is 6.92 Å². The summed E-state index contributed by atoms with van der Waals surface area (Å²) in [7, 11) is -2.96. The normalized spacial score (nSPS) is 19.0. The maximum atomic E-state index is 11.9. The van der Waals surface area contributed by atoms with E-state index in [4.69, 9.17) is 4.52 Å². The van der Waals surface area contributed by atoms with E-state index in [1.54, 1.807) is 11.3 Å². The van der Waals surface area contributed by atoms with E-state index in [-0.39, 0.29) is 17.5 Å². The first-order valence-electron chi connectivity index (χ1n) is 8.85. The molecule has 27 heavy (non-hydrogen) atoms. The highest BCUT2D eigenvalue weighted by atomic mass is 32.2. The van der Waals surface area contributed by atoms with Crippen molar-refractivity contribution in [2.45, 2.75) is 32.5 Å². The molecule has 0 spiro atoms. The van der Waals surface area contributed by atoms with Gasteiger partial charge in [0, 0.05) is 23.0 Å². The van der Waals surface area contributed by atoms with Crippen LogP contribution in [0.4, 0.5) is 0 Å². The van der Waals surface area contributed by atoms with E-state index in [2.05, 4.69) is 21.1 Å². The van der Waals surface area contributed by atoms with Crippen molar-refractivity contribution >= 4 is 21.2 Å². The Morgan fingerprint density at radius 1 is 1.26 bits per heavy atom. The molecule has 1 aromatic carbocycles. The number of sulfone groups is 1. The zero-order valence-electron chi connectivity index (χ0n) is 15.0. The van der Waals surface area contributed by atoms with E-state index >= 15 is 0 Å². The van der Waals surface area contributed by atoms with Gasteiger partial charge in [0.2, 0.25) is 0 Å². The fraction of sp³-hybridized carbons (Fsp3) is 0.368. The summed E-state index contributed by atoms with van der Waals surface area (Å²) in [6.45, 7) is 3.17. The molecule has 0 radical (unpaired) electrons. The van der Waals surface area contributed by atoms with Crippen LogP contribution in [0.5, 0.6) is 0 Å². The first-order valence-corrected chi connectivity index (χ1v) is 11.6. The molecule has 1 fully saturated rings. The third-order valence-electron chi connectivity index (χ3n) is 4.74. The number of aromatic nitrogens is 2. The van der Waals surface area contributed by atoms with Gasteiger partial charge >= 0.3 is 0 Å². The molecular weight excluding hydrogens is 382 g/mol. The molecule has 0 bridgehead atoms. The van der Waals surface area contributed by atoms with Gasteiger partial charge in [-0.25, -0.2) is 8.42 Å². The molecule has 0 unspecified atom stereocenters. The SMILES string of the molecule is Cc1cccc(-c2nc(CN(Cc3cccs3)[C@@H]3CCS(=O)(=O)C3)no2)c1. The predicted octanol–water partition coefficient (Wildman–Crippen LogP) is 3.30. The summed E-state index contributed by atoms with van der Waals surface area (Å²) in [6.07, 6.45) is 0.649. The minimum Gasteiger partial charge on any atom is -0.334 e. The molecule has 0 saturated carbocycles. The largest absolute Gasteiger partial charge is 0.334 e. The van der Waals surface area contributed by atoms with Gasteiger partial charge in [-0.15, -0.1) is 11.3 Å². The number of hydrogen-bond acceptors (Lipinski definition) is 7. The van der Waals surface area contributed by atoms with Gasteiger partial charge in [-0.3, -0.25) is 4.90 Å². The molecule has 142 valence electrons. The number of aryl methyl sites for hydroxylation is 1. The van der Waals surface area contributed by atoms with E-state index < -0.39 is 9.84 Å². The first kappa shape index (κ1) is 18.3. The zero-order chi connectivity index (χ0) is 18.9. The lowest BCUT2D eigenvalue weighted by molar-refractivity contribution is 0.189. The van der Waals surface area contributed by atoms with Crippen LogP contribution >= 0.6 is 11.3 Å². The minimum atomic E-state index is -2.96. The van der Waals surface area contributed by atoms with Gasteiger partial charge in [0.25, 0.3) is 5.89 Å². The van der Waals surface area contributed by atoms with Gasteiger partial charge in [0.05, 0.1) is 18.1 Å². The lowest BCUT2D eigenvalue weighted by Gasteiger charge is -2.26. The lowest BCUT2D eigenvalue weighted by atomic mass is 10.1. The van der Waals surface area contributed by atoms with Gasteiger partial charge in [0.1, 0.15) is 0 Å². The predicted molar refractivity (Wildman–Crippen MR) is 105 cm³/mol. The van der Waals surface area contributed by atoms with Crippen LogP contribution in [-0.2, 0) is 22.9 Å². The molecule has 6 nitrogen and oxygen atoms in total. The Hall–Kier alpha value is -2.03. The Morgan fingerprint density at radius 2 is 2.15 bits per heavy atom. The third-order valence-corrected chi connectivity index (χ3v) is 7.35. The summed E-state index contributed by atoms with van der Waals surface area (Å²) in [5, 5.41) is 6.16. The molecule has 1 aliphatic heterocycles. The Morgan fingerprint density at radius 3 is 2.85 bits per heavy atom. The van der Waals surface area contributed by atoms with Crippen LogP contribution in [-0.4, -0.2) is 41.0 Å². The molecule has 1 saturated heterocycles. The molecule has 0 aliphatic carbocycles. The highest BCUT2D eigenvalue weighted by Gasteiger charge is 2.33. The number of nitrogens with zero attached hydrogens (tertiary/aromatic N) is 3. The molecule has 0 amide bonds. The summed E-state index contributed by atoms with van der Waals surface area (Å²) < 4.78 is 29.3. The van der Waals surface area contributed by atoms with Crippen LogP contribution in [0.15, 0.2) is 46.3 Å². The standard InChI is InChI=1S/C19H21N3O3S2/c1-14-4-2-5-15(10-14)19-20-18(21-25-19)12-22(11-17-6-3-8-26-17)16-7-9-27(23,24)13-16/h2-6,8,10,16H,7,9,11-13H2,1H3/t16-/m1/s1. The molecule has 8 heteroatoms. The van der Waals surface area contributed by atoms with Crippen LogP contribution < -0.4 is 0 Å². The van der Waals surface area contributed by atoms with Gasteiger partial charge < -0.3 is 4.52 Å². The summed E-state index contributed by atoms with van der Waals surface area (Å²) in [4.78, 5) is 7.88. The second-order valence-electron chi connectivity index (χ2n) is 6.93. The van der Waals surface area contributed by atoms with Crippen molar-refractivity contribution in [3.63, 3.8) is 0 Å². The maximum Gasteiger partial charge on any atom is 0.257 e. The summed E-state index contributed by atoms with van der Waals surface area (Å²) in [5.74, 6) is 1.51. The maximum absolute atomic E-state index is 11.9. The van der Waals surface area contributed by atoms with Gasteiger partial charge in [-0.2, -0.15) is 4.98 Å². The quantitative estimate of drug-likeness (QED) is 0.629. The van der Waals surface area contributed by atoms with Crippen molar-refractivity contribution < 1.29 is 12.9 Å². The Kier molecular flexibility index (Phi) is 5.12. The van der Waals surface area contributed by atoms with Crippen molar-refractivity contribution in [2.75, 3.05) is 11.5 Å². The van der Waals surface area contributed by atoms with Crippen molar-refractivity contribution in [1.29, 1.82) is 0 Å². The highest BCUT2D eigenvalue weighted by molar-refractivity contribution is 7.91. The molecule has 4 rings (SSSR count). The number of thiophene rings is 1. The number of benzene rings is 1. The highest BCUT2D eigenvalue weighted by Crippen LogP contribution is 2.24. The second kappa shape index (κ2) is 7.53. The summed E-state index contributed by atoms with van der Waals surface area (Å²) >= 11 is 1.67. The van der Waals surface area contributed by atoms with Gasteiger partial charge in [-0.1, -0.05) is 28.9 Å². The third kappa shape index (κ3) is 4.45. The summed E-state index contributed by atoms with van der Waals surface area (Å²) in [6, 6.07) is 12.0. The number of hydrogen-bond donors (Lipinski definition) is 0. The van der Waals surface area contributed by atoms with E-state index in [9.17, 15) is 8.42 Å². The van der Waals surface area contributed by atoms with Crippen LogP contribution in [0.3, 0.4) is 0 Å². The smallest absolute Gasteiger partial charge is 0.257 e. The topological polar surface area (TPSA) is 76.3 Å². The average molecular weight is 404 g/mol. The van der Waals surface area contributed by atoms with Crippen LogP contribution in [0.2, 0.25) is 0 Å². The van der Waals surface area contributed by atoms with Gasteiger partial charge in [-0.05, 0) is 36.9 Å². The zero-order valence-corrected chi connectivity index (χ0v) is 16.7. The van der Waals surface area contributed by atoms with Crippen LogP contribution in [0.25, 0.3) is 11.5 Å². The monoisotopic (exact) mass is 403 g/mol. The Bertz CT molecular complexity index is 1010. The van der Waals surface area contributed by atoms with E-state index in [0.29, 0.717) is 31.2 Å². The van der Waals surface area contributed by atoms with E-state index in [1.165, 1.54) is 4.88 Å². The Balaban J connectivity index is 1.54. The molecule has 2 aromatic heterocycles. The fourth-order valence-corrected chi connectivity index (χ4v) is 5.87. The van der Waals surface area contributed by atoms with Crippen LogP contribution in [0.1, 0.15) is 22.7 Å². The summed E-state index contributed by atoms with van der Waals surface area (Å²) in [5.41, 5.74) is 2.02. The first-order chi connectivity index (χ1) is 13.0. The molecule has 3 heterocycles. The molecule has 3 aromatic rings. The molecular formula is C19H21N3O3S2. The number of rotatable bonds is 6. The van der Waals surface area contributed by atoms with Crippen molar-refractivity contribution in [3.05, 3.63) is 58.0 Å². The molecule has 0 N–H and O–H groups in total. The van der Waals surface area contributed by atoms with Crippen molar-refractivity contribution in [2.24, 2.45) is 0 Å². The lowest BCUT2D eigenvalue weighted by Crippen LogP contribution is -2.35.